The quantitative estimate of drug-likeness (QED) is 0.332. The number of rotatable bonds is 5. The highest BCUT2D eigenvalue weighted by molar-refractivity contribution is 5.78. The van der Waals surface area contributed by atoms with Crippen molar-refractivity contribution in [1.82, 2.24) is 0 Å². The third-order valence-electron chi connectivity index (χ3n) is 2.18. The summed E-state index contributed by atoms with van der Waals surface area (Å²) >= 11 is 0. The number of epoxide rings is 1. The first-order chi connectivity index (χ1) is 8.19. The fourth-order valence-corrected chi connectivity index (χ4v) is 1.30. The van der Waals surface area contributed by atoms with Crippen molar-refractivity contribution in [2.75, 3.05) is 13.2 Å². The molecule has 5 heteroatoms. The molecule has 0 N–H and O–H groups in total. The average molecular weight is 236 g/mol. The van der Waals surface area contributed by atoms with Crippen molar-refractivity contribution in [3.05, 3.63) is 23.8 Å². The van der Waals surface area contributed by atoms with Crippen molar-refractivity contribution in [2.45, 2.75) is 13.0 Å². The molecule has 0 radical (unpaired) electrons. The normalized spacial score (nSPS) is 17.4. The van der Waals surface area contributed by atoms with Crippen molar-refractivity contribution in [3.8, 4) is 11.5 Å². The third-order valence-corrected chi connectivity index (χ3v) is 2.18. The molecule has 0 aliphatic carbocycles. The zero-order chi connectivity index (χ0) is 12.3. The van der Waals surface area contributed by atoms with E-state index in [4.69, 9.17) is 14.2 Å². The smallest absolute Gasteiger partial charge is 0.308 e. The van der Waals surface area contributed by atoms with Gasteiger partial charge < -0.3 is 14.2 Å². The first kappa shape index (κ1) is 11.6. The van der Waals surface area contributed by atoms with Gasteiger partial charge in [-0.1, -0.05) is 0 Å². The van der Waals surface area contributed by atoms with Crippen LogP contribution in [0, 0.1) is 0 Å². The highest BCUT2D eigenvalue weighted by Gasteiger charge is 2.23. The number of hydrogen-bond acceptors (Lipinski definition) is 5. The minimum absolute atomic E-state index is 0.117. The van der Waals surface area contributed by atoms with Crippen LogP contribution in [0.4, 0.5) is 0 Å². The summed E-state index contributed by atoms with van der Waals surface area (Å²) in [7, 11) is 0. The van der Waals surface area contributed by atoms with Crippen LogP contribution in [0.2, 0.25) is 0 Å². The number of esters is 1. The maximum absolute atomic E-state index is 10.9. The SMILES string of the molecule is CC(=O)Oc1cc(C=O)ccc1OC[C@H]1CO1. The molecule has 1 atom stereocenters. The molecule has 1 heterocycles. The maximum Gasteiger partial charge on any atom is 0.308 e. The predicted octanol–water partition coefficient (Wildman–Crippen LogP) is 1.20. The first-order valence-electron chi connectivity index (χ1n) is 5.21. The van der Waals surface area contributed by atoms with Gasteiger partial charge in [-0.25, -0.2) is 0 Å². The molecule has 0 saturated carbocycles. The van der Waals surface area contributed by atoms with Gasteiger partial charge in [-0.05, 0) is 18.2 Å². The predicted molar refractivity (Wildman–Crippen MR) is 58.4 cm³/mol. The Morgan fingerprint density at radius 3 is 2.88 bits per heavy atom. The zero-order valence-corrected chi connectivity index (χ0v) is 9.34. The summed E-state index contributed by atoms with van der Waals surface area (Å²) in [5, 5.41) is 0. The lowest BCUT2D eigenvalue weighted by Gasteiger charge is -2.10. The maximum atomic E-state index is 10.9. The molecular formula is C12H12O5. The van der Waals surface area contributed by atoms with Gasteiger partial charge in [0.25, 0.3) is 0 Å². The molecule has 0 amide bonds. The molecule has 17 heavy (non-hydrogen) atoms. The fourth-order valence-electron chi connectivity index (χ4n) is 1.30. The molecular weight excluding hydrogens is 224 g/mol. The molecule has 1 saturated heterocycles. The summed E-state index contributed by atoms with van der Waals surface area (Å²) in [4.78, 5) is 21.6. The fraction of sp³-hybridized carbons (Fsp3) is 0.333. The minimum Gasteiger partial charge on any atom is -0.487 e. The van der Waals surface area contributed by atoms with Gasteiger partial charge in [-0.3, -0.25) is 9.59 Å². The summed E-state index contributed by atoms with van der Waals surface area (Å²) in [5.74, 6) is 0.227. The molecule has 0 spiro atoms. The number of carbonyl (C=O) groups is 2. The Hall–Kier alpha value is -1.88. The summed E-state index contributed by atoms with van der Waals surface area (Å²) in [6.07, 6.45) is 0.798. The van der Waals surface area contributed by atoms with Crippen LogP contribution >= 0.6 is 0 Å². The molecule has 1 aromatic rings. The molecule has 0 aromatic heterocycles. The second-order valence-electron chi connectivity index (χ2n) is 3.68. The van der Waals surface area contributed by atoms with E-state index in [1.54, 1.807) is 12.1 Å². The number of hydrogen-bond donors (Lipinski definition) is 0. The number of ether oxygens (including phenoxy) is 3. The summed E-state index contributed by atoms with van der Waals surface area (Å²) < 4.78 is 15.4. The topological polar surface area (TPSA) is 65.1 Å². The number of carbonyl (C=O) groups excluding carboxylic acids is 2. The lowest BCUT2D eigenvalue weighted by molar-refractivity contribution is -0.132. The Morgan fingerprint density at radius 2 is 2.29 bits per heavy atom. The lowest BCUT2D eigenvalue weighted by Crippen LogP contribution is -2.08. The minimum atomic E-state index is -0.458. The average Bonchev–Trinajstić information content (AvgIpc) is 3.10. The van der Waals surface area contributed by atoms with Crippen molar-refractivity contribution < 1.29 is 23.8 Å². The molecule has 5 nitrogen and oxygen atoms in total. The second kappa shape index (κ2) is 4.97. The van der Waals surface area contributed by atoms with Crippen molar-refractivity contribution >= 4 is 12.3 Å². The molecule has 1 aliphatic rings. The lowest BCUT2D eigenvalue weighted by atomic mass is 10.2. The van der Waals surface area contributed by atoms with Crippen LogP contribution in [0.15, 0.2) is 18.2 Å². The van der Waals surface area contributed by atoms with E-state index < -0.39 is 5.97 Å². The molecule has 0 bridgehead atoms. The van der Waals surface area contributed by atoms with Crippen LogP contribution in [0.5, 0.6) is 11.5 Å². The standard InChI is InChI=1S/C12H12O5/c1-8(14)17-12-4-9(5-13)2-3-11(12)16-7-10-6-15-10/h2-5,10H,6-7H2,1H3/t10-/m1/s1. The van der Waals surface area contributed by atoms with Crippen LogP contribution in [-0.4, -0.2) is 31.6 Å². The Balaban J connectivity index is 2.14. The molecule has 2 rings (SSSR count). The van der Waals surface area contributed by atoms with E-state index in [-0.39, 0.29) is 11.9 Å². The van der Waals surface area contributed by atoms with E-state index in [1.165, 1.54) is 13.0 Å². The Labute approximate surface area is 98.3 Å². The largest absolute Gasteiger partial charge is 0.487 e. The van der Waals surface area contributed by atoms with Gasteiger partial charge in [0, 0.05) is 12.5 Å². The highest BCUT2D eigenvalue weighted by Crippen LogP contribution is 2.29. The van der Waals surface area contributed by atoms with Crippen molar-refractivity contribution in [2.24, 2.45) is 0 Å². The molecule has 0 unspecified atom stereocenters. The van der Waals surface area contributed by atoms with Crippen molar-refractivity contribution in [1.29, 1.82) is 0 Å². The second-order valence-corrected chi connectivity index (χ2v) is 3.68. The van der Waals surface area contributed by atoms with E-state index in [9.17, 15) is 9.59 Å². The Morgan fingerprint density at radius 1 is 1.53 bits per heavy atom. The molecule has 90 valence electrons. The summed E-state index contributed by atoms with van der Waals surface area (Å²) in [6.45, 7) is 2.39. The van der Waals surface area contributed by atoms with Gasteiger partial charge in [0.05, 0.1) is 6.61 Å². The molecule has 1 aliphatic heterocycles. The summed E-state index contributed by atoms with van der Waals surface area (Å²) in [6, 6.07) is 4.67. The first-order valence-corrected chi connectivity index (χ1v) is 5.21. The van der Waals surface area contributed by atoms with E-state index in [0.717, 1.165) is 0 Å². The summed E-state index contributed by atoms with van der Waals surface area (Å²) in [5.41, 5.74) is 0.427. The zero-order valence-electron chi connectivity index (χ0n) is 9.34. The third kappa shape index (κ3) is 3.29. The van der Waals surface area contributed by atoms with Crippen LogP contribution in [-0.2, 0) is 9.53 Å². The van der Waals surface area contributed by atoms with E-state index in [1.807, 2.05) is 0 Å². The van der Waals surface area contributed by atoms with Crippen molar-refractivity contribution in [3.63, 3.8) is 0 Å². The van der Waals surface area contributed by atoms with Crippen LogP contribution in [0.3, 0.4) is 0 Å². The van der Waals surface area contributed by atoms with Gasteiger partial charge >= 0.3 is 5.97 Å². The van der Waals surface area contributed by atoms with E-state index >= 15 is 0 Å². The van der Waals surface area contributed by atoms with Gasteiger partial charge in [0.1, 0.15) is 19.0 Å². The number of benzene rings is 1. The van der Waals surface area contributed by atoms with Gasteiger partial charge in [0.2, 0.25) is 0 Å². The molecule has 1 aromatic carbocycles. The van der Waals surface area contributed by atoms with Gasteiger partial charge in [-0.15, -0.1) is 0 Å². The van der Waals surface area contributed by atoms with E-state index in [0.29, 0.717) is 30.8 Å². The van der Waals surface area contributed by atoms with Crippen LogP contribution in [0.25, 0.3) is 0 Å². The van der Waals surface area contributed by atoms with Crippen LogP contribution < -0.4 is 9.47 Å². The number of aldehydes is 1. The van der Waals surface area contributed by atoms with Crippen LogP contribution in [0.1, 0.15) is 17.3 Å². The Kier molecular flexibility index (Phi) is 3.39. The Bertz CT molecular complexity index is 437. The monoisotopic (exact) mass is 236 g/mol. The van der Waals surface area contributed by atoms with E-state index in [2.05, 4.69) is 0 Å². The van der Waals surface area contributed by atoms with Gasteiger partial charge in [-0.2, -0.15) is 0 Å². The highest BCUT2D eigenvalue weighted by atomic mass is 16.6. The molecule has 1 fully saturated rings. The van der Waals surface area contributed by atoms with Gasteiger partial charge in [0.15, 0.2) is 11.5 Å².